The average Bonchev–Trinajstić information content (AvgIpc) is 3.87. The SMILES string of the molecule is C1=CC(c2ccc(-c3cc4c(ccc5c6ccccc6oc54)c4c3sc3ccccc34)c3ccccc23)=c2cccc/c2=C(c2cccc3ccccc23)/C=C/CC1. The Morgan fingerprint density at radius 3 is 1.78 bits per heavy atom. The molecule has 0 spiro atoms. The van der Waals surface area contributed by atoms with Crippen molar-refractivity contribution in [1.82, 2.24) is 0 Å². The highest BCUT2D eigenvalue weighted by atomic mass is 32.1. The number of hydrogen-bond acceptors (Lipinski definition) is 2. The van der Waals surface area contributed by atoms with Crippen molar-refractivity contribution in [2.75, 3.05) is 0 Å². The molecule has 12 rings (SSSR count). The fourth-order valence-corrected chi connectivity index (χ4v) is 10.8. The van der Waals surface area contributed by atoms with Crippen LogP contribution in [0.2, 0.25) is 0 Å². The summed E-state index contributed by atoms with van der Waals surface area (Å²) >= 11 is 1.89. The van der Waals surface area contributed by atoms with Crippen molar-refractivity contribution in [2.24, 2.45) is 0 Å². The molecule has 272 valence electrons. The lowest BCUT2D eigenvalue weighted by Gasteiger charge is -2.16. The summed E-state index contributed by atoms with van der Waals surface area (Å²) in [7, 11) is 0. The van der Waals surface area contributed by atoms with E-state index in [0.717, 1.165) is 40.2 Å². The van der Waals surface area contributed by atoms with Crippen molar-refractivity contribution >= 4 is 96.9 Å². The van der Waals surface area contributed by atoms with Crippen LogP contribution in [0.25, 0.3) is 96.7 Å². The van der Waals surface area contributed by atoms with Gasteiger partial charge in [0.05, 0.1) is 0 Å². The third-order valence-corrected chi connectivity index (χ3v) is 13.3. The Hall–Kier alpha value is -7.00. The first kappa shape index (κ1) is 33.2. The van der Waals surface area contributed by atoms with Crippen LogP contribution >= 0.6 is 11.3 Å². The molecule has 0 aliphatic heterocycles. The van der Waals surface area contributed by atoms with Crippen LogP contribution in [-0.2, 0) is 0 Å². The molecule has 0 amide bonds. The molecule has 0 bridgehead atoms. The van der Waals surface area contributed by atoms with Gasteiger partial charge in [0, 0.05) is 41.9 Å². The predicted octanol–water partition coefficient (Wildman–Crippen LogP) is 14.4. The summed E-state index contributed by atoms with van der Waals surface area (Å²) in [5.74, 6) is 0. The first-order valence-corrected chi connectivity index (χ1v) is 21.0. The lowest BCUT2D eigenvalue weighted by molar-refractivity contribution is 0.672. The van der Waals surface area contributed by atoms with Crippen LogP contribution in [0.15, 0.2) is 199 Å². The van der Waals surface area contributed by atoms with Gasteiger partial charge < -0.3 is 4.42 Å². The van der Waals surface area contributed by atoms with Gasteiger partial charge in [-0.3, -0.25) is 0 Å². The average molecular weight is 757 g/mol. The van der Waals surface area contributed by atoms with E-state index in [2.05, 4.69) is 194 Å². The summed E-state index contributed by atoms with van der Waals surface area (Å²) in [6.07, 6.45) is 11.4. The number of benzene rings is 9. The minimum absolute atomic E-state index is 0.920. The smallest absolute Gasteiger partial charge is 0.143 e. The molecule has 0 fully saturated rings. The fraction of sp³-hybridized carbons (Fsp3) is 0.0357. The second-order valence-electron chi connectivity index (χ2n) is 15.4. The molecule has 0 N–H and O–H groups in total. The number of rotatable bonds is 3. The number of fused-ring (bicyclic) bond motifs is 12. The monoisotopic (exact) mass is 756 g/mol. The van der Waals surface area contributed by atoms with Gasteiger partial charge in [0.25, 0.3) is 0 Å². The van der Waals surface area contributed by atoms with Gasteiger partial charge in [-0.2, -0.15) is 0 Å². The maximum Gasteiger partial charge on any atom is 0.143 e. The Morgan fingerprint density at radius 1 is 0.397 bits per heavy atom. The molecule has 9 aromatic carbocycles. The van der Waals surface area contributed by atoms with Crippen LogP contribution in [0.4, 0.5) is 0 Å². The molecule has 0 radical (unpaired) electrons. The van der Waals surface area contributed by atoms with E-state index in [1.54, 1.807) is 0 Å². The quantitative estimate of drug-likeness (QED) is 0.175. The molecule has 0 atom stereocenters. The van der Waals surface area contributed by atoms with Gasteiger partial charge in [-0.1, -0.05) is 170 Å². The molecule has 0 saturated heterocycles. The molecule has 0 saturated carbocycles. The fourth-order valence-electron chi connectivity index (χ4n) is 9.51. The van der Waals surface area contributed by atoms with Crippen molar-refractivity contribution in [3.8, 4) is 11.1 Å². The van der Waals surface area contributed by atoms with E-state index in [9.17, 15) is 0 Å². The van der Waals surface area contributed by atoms with Crippen LogP contribution in [-0.4, -0.2) is 0 Å². The van der Waals surface area contributed by atoms with Crippen molar-refractivity contribution in [1.29, 1.82) is 0 Å². The molecule has 2 heteroatoms. The normalized spacial score (nSPS) is 15.0. The Labute approximate surface area is 339 Å². The zero-order chi connectivity index (χ0) is 38.2. The highest BCUT2D eigenvalue weighted by Crippen LogP contribution is 2.48. The first-order chi connectivity index (χ1) is 28.8. The van der Waals surface area contributed by atoms with Crippen molar-refractivity contribution < 1.29 is 4.42 Å². The molecule has 1 aliphatic carbocycles. The zero-order valence-corrected chi connectivity index (χ0v) is 32.5. The molecule has 0 unspecified atom stereocenters. The van der Waals surface area contributed by atoms with E-state index in [0.29, 0.717) is 0 Å². The van der Waals surface area contributed by atoms with Crippen LogP contribution in [0.3, 0.4) is 0 Å². The van der Waals surface area contributed by atoms with Crippen molar-refractivity contribution in [2.45, 2.75) is 12.8 Å². The summed E-state index contributed by atoms with van der Waals surface area (Å²) in [5.41, 5.74) is 9.32. The summed E-state index contributed by atoms with van der Waals surface area (Å²) in [5, 5.41) is 14.7. The summed E-state index contributed by atoms with van der Waals surface area (Å²) in [6, 6.07) is 62.4. The van der Waals surface area contributed by atoms with E-state index in [4.69, 9.17) is 4.42 Å². The number of hydrogen-bond donors (Lipinski definition) is 0. The minimum Gasteiger partial charge on any atom is -0.455 e. The van der Waals surface area contributed by atoms with Crippen LogP contribution < -0.4 is 10.4 Å². The number of furan rings is 1. The Morgan fingerprint density at radius 2 is 0.983 bits per heavy atom. The van der Waals surface area contributed by atoms with Crippen molar-refractivity contribution in [3.63, 3.8) is 0 Å². The maximum atomic E-state index is 6.70. The maximum absolute atomic E-state index is 6.70. The highest BCUT2D eigenvalue weighted by Gasteiger charge is 2.21. The molecular formula is C56H36OS. The molecular weight excluding hydrogens is 721 g/mol. The second-order valence-corrected chi connectivity index (χ2v) is 16.4. The van der Waals surface area contributed by atoms with E-state index >= 15 is 0 Å². The lowest BCUT2D eigenvalue weighted by atomic mass is 9.88. The second kappa shape index (κ2) is 13.3. The van der Waals surface area contributed by atoms with Gasteiger partial charge in [0.15, 0.2) is 0 Å². The third kappa shape index (κ3) is 5.09. The summed E-state index contributed by atoms with van der Waals surface area (Å²) < 4.78 is 9.30. The molecule has 11 aromatic rings. The zero-order valence-electron chi connectivity index (χ0n) is 31.7. The number of para-hydroxylation sites is 1. The molecule has 58 heavy (non-hydrogen) atoms. The van der Waals surface area contributed by atoms with Gasteiger partial charge in [-0.25, -0.2) is 0 Å². The third-order valence-electron chi connectivity index (χ3n) is 12.1. The van der Waals surface area contributed by atoms with E-state index < -0.39 is 0 Å². The van der Waals surface area contributed by atoms with E-state index in [1.807, 2.05) is 11.3 Å². The van der Waals surface area contributed by atoms with Gasteiger partial charge in [0.1, 0.15) is 11.2 Å². The Bertz CT molecular complexity index is 3680. The van der Waals surface area contributed by atoms with E-state index in [-0.39, 0.29) is 0 Å². The molecule has 1 aliphatic rings. The molecule has 2 heterocycles. The summed E-state index contributed by atoms with van der Waals surface area (Å²) in [4.78, 5) is 0. The van der Waals surface area contributed by atoms with Crippen LogP contribution in [0, 0.1) is 0 Å². The van der Waals surface area contributed by atoms with Crippen LogP contribution in [0.1, 0.15) is 24.0 Å². The van der Waals surface area contributed by atoms with Crippen LogP contribution in [0.5, 0.6) is 0 Å². The minimum atomic E-state index is 0.920. The van der Waals surface area contributed by atoms with Gasteiger partial charge in [-0.05, 0) is 102 Å². The first-order valence-electron chi connectivity index (χ1n) is 20.2. The molecule has 2 aromatic heterocycles. The van der Waals surface area contributed by atoms with E-state index in [1.165, 1.54) is 90.9 Å². The Kier molecular flexibility index (Phi) is 7.61. The van der Waals surface area contributed by atoms with Gasteiger partial charge in [0.2, 0.25) is 0 Å². The predicted molar refractivity (Wildman–Crippen MR) is 249 cm³/mol. The van der Waals surface area contributed by atoms with Gasteiger partial charge in [-0.15, -0.1) is 11.3 Å². The van der Waals surface area contributed by atoms with Crippen molar-refractivity contribution in [3.05, 3.63) is 216 Å². The summed E-state index contributed by atoms with van der Waals surface area (Å²) in [6.45, 7) is 0. The largest absolute Gasteiger partial charge is 0.455 e. The standard InChI is InChI=1S/C56H36OS/c1-2-4-20-41(40-22-8-7-21-39(40)38(19-3-1)37-27-15-17-35-16-5-6-18-36(35)37)44-30-31-45(43-24-10-9-23-42(43)44)51-34-50-47(54-49-26-12-14-29-53(49)58-56(51)54)32-33-48-46-25-11-13-28-52(46)57-55(48)50/h3-34H,1-2H2/b19-3+,20-4?,39-38+,41-40?. The molecule has 1 nitrogen and oxygen atoms in total. The highest BCUT2D eigenvalue weighted by molar-refractivity contribution is 7.26. The number of thiophene rings is 1. The lowest BCUT2D eigenvalue weighted by Crippen LogP contribution is -2.29. The van der Waals surface area contributed by atoms with Gasteiger partial charge >= 0.3 is 0 Å². The Balaban J connectivity index is 1.18. The topological polar surface area (TPSA) is 13.1 Å². The number of allylic oxidation sites excluding steroid dienone is 4.